The topological polar surface area (TPSA) is 8.17 Å². The fourth-order valence-electron chi connectivity index (χ4n) is 9.61. The van der Waals surface area contributed by atoms with Gasteiger partial charge in [0.05, 0.1) is 16.7 Å². The molecular weight excluding hydrogens is 725 g/mol. The molecule has 2 heteroatoms. The number of fused-ring (bicyclic) bond motifs is 9. The molecule has 12 aromatic rings. The lowest BCUT2D eigenvalue weighted by atomic mass is 9.93. The van der Waals surface area contributed by atoms with E-state index in [4.69, 9.17) is 0 Å². The van der Waals surface area contributed by atoms with Crippen LogP contribution in [0, 0.1) is 0 Å². The first-order valence-corrected chi connectivity index (χ1v) is 20.7. The van der Waals surface area contributed by atoms with Crippen LogP contribution in [0.15, 0.2) is 231 Å². The van der Waals surface area contributed by atoms with Crippen LogP contribution in [-0.4, -0.2) is 4.57 Å². The largest absolute Gasteiger partial charge is 0.310 e. The van der Waals surface area contributed by atoms with Crippen molar-refractivity contribution in [3.8, 4) is 27.9 Å². The van der Waals surface area contributed by atoms with Crippen LogP contribution < -0.4 is 4.90 Å². The quantitative estimate of drug-likeness (QED) is 0.153. The van der Waals surface area contributed by atoms with E-state index >= 15 is 0 Å². The van der Waals surface area contributed by atoms with E-state index in [1.807, 2.05) is 0 Å². The first-order chi connectivity index (χ1) is 29.8. The van der Waals surface area contributed by atoms with Crippen LogP contribution in [0.5, 0.6) is 0 Å². The van der Waals surface area contributed by atoms with Gasteiger partial charge in [-0.1, -0.05) is 176 Å². The number of rotatable bonds is 6. The van der Waals surface area contributed by atoms with Crippen LogP contribution in [0.25, 0.3) is 92.8 Å². The van der Waals surface area contributed by atoms with Crippen LogP contribution >= 0.6 is 0 Å². The number of anilines is 3. The third kappa shape index (κ3) is 5.42. The van der Waals surface area contributed by atoms with Crippen LogP contribution in [0.3, 0.4) is 0 Å². The summed E-state index contributed by atoms with van der Waals surface area (Å²) in [6.45, 7) is 0. The molecule has 280 valence electrons. The SMILES string of the molecule is c1ccc(N(c2ccc(-c3cc4ccccc4c4ccccc34)cc2)c2cc3ccccc3c3c2c2ccc(-c4cccc5ccccc45)cc2n3-c2ccccc2)cc1. The van der Waals surface area contributed by atoms with Crippen molar-refractivity contribution in [2.75, 3.05) is 4.90 Å². The van der Waals surface area contributed by atoms with Crippen LogP contribution in [0.1, 0.15) is 0 Å². The lowest BCUT2D eigenvalue weighted by Gasteiger charge is -2.27. The summed E-state index contributed by atoms with van der Waals surface area (Å²) in [6, 6.07) is 84.3. The van der Waals surface area contributed by atoms with Crippen molar-refractivity contribution in [2.24, 2.45) is 0 Å². The molecule has 1 heterocycles. The molecule has 0 aliphatic carbocycles. The summed E-state index contributed by atoms with van der Waals surface area (Å²) in [7, 11) is 0. The first kappa shape index (κ1) is 34.1. The third-order valence-electron chi connectivity index (χ3n) is 12.3. The molecule has 0 aliphatic rings. The van der Waals surface area contributed by atoms with Gasteiger partial charge in [-0.2, -0.15) is 0 Å². The van der Waals surface area contributed by atoms with E-state index in [1.54, 1.807) is 0 Å². The van der Waals surface area contributed by atoms with Crippen molar-refractivity contribution >= 4 is 82.0 Å². The van der Waals surface area contributed by atoms with Gasteiger partial charge in [0, 0.05) is 33.2 Å². The summed E-state index contributed by atoms with van der Waals surface area (Å²) in [5.74, 6) is 0. The van der Waals surface area contributed by atoms with E-state index < -0.39 is 0 Å². The van der Waals surface area contributed by atoms with E-state index in [0.717, 1.165) is 22.7 Å². The summed E-state index contributed by atoms with van der Waals surface area (Å²) in [5.41, 5.74) is 11.7. The minimum absolute atomic E-state index is 1.10. The molecular formula is C58H38N2. The van der Waals surface area contributed by atoms with Crippen molar-refractivity contribution in [1.82, 2.24) is 4.57 Å². The number of para-hydroxylation sites is 2. The van der Waals surface area contributed by atoms with Crippen molar-refractivity contribution in [3.05, 3.63) is 231 Å². The molecule has 0 fully saturated rings. The zero-order chi connectivity index (χ0) is 39.6. The molecule has 12 rings (SSSR count). The Morgan fingerprint density at radius 3 is 1.65 bits per heavy atom. The van der Waals surface area contributed by atoms with Crippen molar-refractivity contribution in [2.45, 2.75) is 0 Å². The lowest BCUT2D eigenvalue weighted by Crippen LogP contribution is -2.10. The number of aromatic nitrogens is 1. The molecule has 0 unspecified atom stereocenters. The summed E-state index contributed by atoms with van der Waals surface area (Å²) in [6.07, 6.45) is 0. The van der Waals surface area contributed by atoms with Gasteiger partial charge in [0.25, 0.3) is 0 Å². The zero-order valence-corrected chi connectivity index (χ0v) is 32.8. The van der Waals surface area contributed by atoms with Gasteiger partial charge in [0.2, 0.25) is 0 Å². The summed E-state index contributed by atoms with van der Waals surface area (Å²) >= 11 is 0. The Morgan fingerprint density at radius 1 is 0.317 bits per heavy atom. The average Bonchev–Trinajstić information content (AvgIpc) is 3.67. The van der Waals surface area contributed by atoms with Gasteiger partial charge in [0.1, 0.15) is 0 Å². The molecule has 1 aromatic heterocycles. The fraction of sp³-hybridized carbons (Fsp3) is 0. The highest BCUT2D eigenvalue weighted by atomic mass is 15.1. The molecule has 0 bridgehead atoms. The maximum atomic E-state index is 2.49. The highest BCUT2D eigenvalue weighted by molar-refractivity contribution is 6.25. The van der Waals surface area contributed by atoms with Gasteiger partial charge in [0.15, 0.2) is 0 Å². The summed E-state index contributed by atoms with van der Waals surface area (Å²) < 4.78 is 2.49. The second-order valence-electron chi connectivity index (χ2n) is 15.7. The first-order valence-electron chi connectivity index (χ1n) is 20.7. The molecule has 0 radical (unpaired) electrons. The lowest BCUT2D eigenvalue weighted by molar-refractivity contribution is 1.19. The Labute approximate surface area is 348 Å². The van der Waals surface area contributed by atoms with Crippen LogP contribution in [-0.2, 0) is 0 Å². The minimum atomic E-state index is 1.10. The number of hydrogen-bond acceptors (Lipinski definition) is 1. The van der Waals surface area contributed by atoms with Gasteiger partial charge in [-0.25, -0.2) is 0 Å². The fourth-order valence-corrected chi connectivity index (χ4v) is 9.61. The molecule has 0 atom stereocenters. The van der Waals surface area contributed by atoms with Gasteiger partial charge >= 0.3 is 0 Å². The van der Waals surface area contributed by atoms with Crippen molar-refractivity contribution in [3.63, 3.8) is 0 Å². The van der Waals surface area contributed by atoms with Crippen molar-refractivity contribution in [1.29, 1.82) is 0 Å². The van der Waals surface area contributed by atoms with Gasteiger partial charge in [-0.3, -0.25) is 0 Å². The predicted octanol–water partition coefficient (Wildman–Crippen LogP) is 16.2. The third-order valence-corrected chi connectivity index (χ3v) is 12.3. The predicted molar refractivity (Wildman–Crippen MR) is 256 cm³/mol. The van der Waals surface area contributed by atoms with Crippen LogP contribution in [0.4, 0.5) is 17.1 Å². The molecule has 0 aliphatic heterocycles. The molecule has 11 aromatic carbocycles. The second-order valence-corrected chi connectivity index (χ2v) is 15.7. The summed E-state index contributed by atoms with van der Waals surface area (Å²) in [4.78, 5) is 2.45. The zero-order valence-electron chi connectivity index (χ0n) is 32.8. The average molecular weight is 763 g/mol. The molecule has 0 saturated carbocycles. The molecule has 2 nitrogen and oxygen atoms in total. The molecule has 0 spiro atoms. The Kier molecular flexibility index (Phi) is 7.89. The van der Waals surface area contributed by atoms with Crippen LogP contribution in [0.2, 0.25) is 0 Å². The Balaban J connectivity index is 1.13. The monoisotopic (exact) mass is 762 g/mol. The maximum absolute atomic E-state index is 2.49. The van der Waals surface area contributed by atoms with E-state index in [0.29, 0.717) is 0 Å². The molecule has 0 amide bonds. The standard InChI is InChI=1S/C58H38N2/c1-3-20-44(21-4-1)59(46-33-30-40(31-34-46)54-36-41-17-8-11-25-49(41)51-27-13-14-28-52(51)54)56-38-42-18-9-12-26-50(42)58-57(56)53-35-32-43(37-55(53)60(58)45-22-5-2-6-23-45)48-29-15-19-39-16-7-10-24-47(39)48/h1-38H. The van der Waals surface area contributed by atoms with E-state index in [1.165, 1.54) is 87.1 Å². The van der Waals surface area contributed by atoms with E-state index in [-0.39, 0.29) is 0 Å². The normalized spacial score (nSPS) is 11.7. The highest BCUT2D eigenvalue weighted by Crippen LogP contribution is 2.48. The van der Waals surface area contributed by atoms with E-state index in [9.17, 15) is 0 Å². The maximum Gasteiger partial charge on any atom is 0.0640 e. The Morgan fingerprint density at radius 2 is 0.883 bits per heavy atom. The minimum Gasteiger partial charge on any atom is -0.310 e. The van der Waals surface area contributed by atoms with E-state index in [2.05, 4.69) is 240 Å². The molecule has 60 heavy (non-hydrogen) atoms. The smallest absolute Gasteiger partial charge is 0.0640 e. The Bertz CT molecular complexity index is 3580. The second kappa shape index (κ2) is 13.9. The van der Waals surface area contributed by atoms with Gasteiger partial charge < -0.3 is 9.47 Å². The van der Waals surface area contributed by atoms with Crippen molar-refractivity contribution < 1.29 is 0 Å². The molecule has 0 N–H and O–H groups in total. The van der Waals surface area contributed by atoms with Gasteiger partial charge in [-0.05, 0) is 115 Å². The Hall–Kier alpha value is -7.94. The number of benzene rings is 11. The molecule has 0 saturated heterocycles. The number of hydrogen-bond donors (Lipinski definition) is 0. The summed E-state index contributed by atoms with van der Waals surface area (Å²) in [5, 5.41) is 12.4. The highest BCUT2D eigenvalue weighted by Gasteiger charge is 2.24. The van der Waals surface area contributed by atoms with Gasteiger partial charge in [-0.15, -0.1) is 0 Å². The number of nitrogens with zero attached hydrogens (tertiary/aromatic N) is 2.